The SMILES string of the molecule is CC(C#C[Se]c1ccc2c(c1)C(C)(C)CCC2(C)C)=CC(=O)O. The summed E-state index contributed by atoms with van der Waals surface area (Å²) in [5.41, 5.74) is 3.96. The molecule has 1 aliphatic rings. The van der Waals surface area contributed by atoms with Crippen molar-refractivity contribution in [2.75, 3.05) is 0 Å². The molecule has 23 heavy (non-hydrogen) atoms. The number of rotatable bonds is 2. The minimum atomic E-state index is -0.943. The van der Waals surface area contributed by atoms with Gasteiger partial charge in [-0.2, -0.15) is 0 Å². The predicted octanol–water partition coefficient (Wildman–Crippen LogP) is 3.36. The Morgan fingerprint density at radius 1 is 1.17 bits per heavy atom. The molecule has 0 bridgehead atoms. The molecule has 3 heteroatoms. The average Bonchev–Trinajstić information content (AvgIpc) is 2.43. The van der Waals surface area contributed by atoms with Crippen molar-refractivity contribution in [1.82, 2.24) is 0 Å². The zero-order valence-electron chi connectivity index (χ0n) is 14.5. The molecule has 1 aliphatic carbocycles. The van der Waals surface area contributed by atoms with Crippen LogP contribution in [0, 0.1) is 10.7 Å². The van der Waals surface area contributed by atoms with Crippen LogP contribution in [0.1, 0.15) is 58.6 Å². The van der Waals surface area contributed by atoms with Crippen molar-refractivity contribution < 1.29 is 9.90 Å². The van der Waals surface area contributed by atoms with E-state index < -0.39 is 5.97 Å². The van der Waals surface area contributed by atoms with Gasteiger partial charge in [-0.3, -0.25) is 0 Å². The van der Waals surface area contributed by atoms with Crippen molar-refractivity contribution in [2.45, 2.75) is 58.3 Å². The second-order valence-corrected chi connectivity index (χ2v) is 9.32. The molecule has 0 unspecified atom stereocenters. The van der Waals surface area contributed by atoms with E-state index in [0.717, 1.165) is 6.08 Å². The van der Waals surface area contributed by atoms with Crippen LogP contribution < -0.4 is 4.46 Å². The monoisotopic (exact) mass is 376 g/mol. The van der Waals surface area contributed by atoms with Crippen LogP contribution in [0.25, 0.3) is 0 Å². The van der Waals surface area contributed by atoms with Crippen LogP contribution in [-0.2, 0) is 15.6 Å². The first-order chi connectivity index (χ1) is 10.6. The van der Waals surface area contributed by atoms with E-state index in [1.165, 1.54) is 28.4 Å². The van der Waals surface area contributed by atoms with Gasteiger partial charge in [-0.1, -0.05) is 0 Å². The number of carbonyl (C=O) groups is 1. The first-order valence-corrected chi connectivity index (χ1v) is 9.57. The summed E-state index contributed by atoms with van der Waals surface area (Å²) in [5.74, 6) is 1.99. The number of hydrogen-bond donors (Lipinski definition) is 1. The Balaban J connectivity index is 2.28. The number of carboxylic acid groups (broad SMARTS) is 1. The third-order valence-corrected chi connectivity index (χ3v) is 6.04. The molecule has 0 radical (unpaired) electrons. The fraction of sp³-hybridized carbons (Fsp3) is 0.450. The van der Waals surface area contributed by atoms with E-state index in [4.69, 9.17) is 5.11 Å². The summed E-state index contributed by atoms with van der Waals surface area (Å²) in [4.78, 5) is 13.7. The Morgan fingerprint density at radius 3 is 2.39 bits per heavy atom. The molecule has 0 saturated carbocycles. The normalized spacial score (nSPS) is 18.6. The Kier molecular flexibility index (Phi) is 5.09. The van der Waals surface area contributed by atoms with Gasteiger partial charge in [-0.15, -0.1) is 0 Å². The van der Waals surface area contributed by atoms with Crippen molar-refractivity contribution in [1.29, 1.82) is 0 Å². The molecule has 0 aliphatic heterocycles. The predicted molar refractivity (Wildman–Crippen MR) is 96.3 cm³/mol. The molecule has 1 N–H and O–H groups in total. The summed E-state index contributed by atoms with van der Waals surface area (Å²) in [6.45, 7) is 11.0. The van der Waals surface area contributed by atoms with Crippen LogP contribution >= 0.6 is 0 Å². The zero-order chi connectivity index (χ0) is 17.3. The van der Waals surface area contributed by atoms with Gasteiger partial charge in [-0.05, 0) is 0 Å². The van der Waals surface area contributed by atoms with Gasteiger partial charge < -0.3 is 0 Å². The van der Waals surface area contributed by atoms with E-state index in [2.05, 4.69) is 56.6 Å². The van der Waals surface area contributed by atoms with E-state index in [1.54, 1.807) is 6.92 Å². The summed E-state index contributed by atoms with van der Waals surface area (Å²) < 4.78 is 1.26. The molecule has 0 saturated heterocycles. The van der Waals surface area contributed by atoms with E-state index in [1.807, 2.05) is 0 Å². The fourth-order valence-corrected chi connectivity index (χ4v) is 4.37. The van der Waals surface area contributed by atoms with Crippen LogP contribution in [-0.4, -0.2) is 26.0 Å². The summed E-state index contributed by atoms with van der Waals surface area (Å²) in [5, 5.41) is 8.70. The molecule has 2 nitrogen and oxygen atoms in total. The number of hydrogen-bond acceptors (Lipinski definition) is 1. The molecule has 0 aromatic heterocycles. The van der Waals surface area contributed by atoms with Gasteiger partial charge in [0.25, 0.3) is 0 Å². The zero-order valence-corrected chi connectivity index (χ0v) is 16.2. The Labute approximate surface area is 145 Å². The van der Waals surface area contributed by atoms with Gasteiger partial charge in [0, 0.05) is 0 Å². The molecule has 0 fully saturated rings. The summed E-state index contributed by atoms with van der Waals surface area (Å²) in [7, 11) is 0. The third-order valence-electron chi connectivity index (χ3n) is 4.58. The molecular formula is C20H24O2Se. The van der Waals surface area contributed by atoms with Crippen LogP contribution in [0.5, 0.6) is 0 Å². The van der Waals surface area contributed by atoms with Crippen LogP contribution in [0.15, 0.2) is 29.8 Å². The van der Waals surface area contributed by atoms with Crippen LogP contribution in [0.2, 0.25) is 0 Å². The molecule has 0 spiro atoms. The summed E-state index contributed by atoms with van der Waals surface area (Å²) in [6, 6.07) is 6.78. The van der Waals surface area contributed by atoms with Gasteiger partial charge in [0.15, 0.2) is 0 Å². The second kappa shape index (κ2) is 6.55. The molecule has 0 amide bonds. The van der Waals surface area contributed by atoms with Gasteiger partial charge >= 0.3 is 145 Å². The summed E-state index contributed by atoms with van der Waals surface area (Å²) >= 11 is 0.0420. The second-order valence-electron chi connectivity index (χ2n) is 7.47. The van der Waals surface area contributed by atoms with Crippen molar-refractivity contribution in [3.8, 4) is 10.7 Å². The molecule has 0 atom stereocenters. The molecule has 1 aromatic rings. The molecule has 122 valence electrons. The standard InChI is InChI=1S/C20H24O2Se/c1-14(12-18(21)22)8-11-23-15-6-7-16-17(13-15)20(4,5)10-9-19(16,2)3/h6-7,12-13H,9-10H2,1-5H3,(H,21,22). The van der Waals surface area contributed by atoms with Gasteiger partial charge in [0.1, 0.15) is 0 Å². The Hall–Kier alpha value is -1.49. The maximum absolute atomic E-state index is 10.6. The van der Waals surface area contributed by atoms with E-state index >= 15 is 0 Å². The van der Waals surface area contributed by atoms with E-state index in [0.29, 0.717) is 5.57 Å². The first-order valence-electron chi connectivity index (χ1n) is 7.86. The van der Waals surface area contributed by atoms with Crippen LogP contribution in [0.4, 0.5) is 0 Å². The molecule has 2 rings (SSSR count). The molecule has 0 heterocycles. The van der Waals surface area contributed by atoms with Crippen molar-refractivity contribution in [3.63, 3.8) is 0 Å². The number of fused-ring (bicyclic) bond motifs is 1. The minimum absolute atomic E-state index is 0.0420. The van der Waals surface area contributed by atoms with Gasteiger partial charge in [-0.25, -0.2) is 0 Å². The topological polar surface area (TPSA) is 37.3 Å². The number of carboxylic acids is 1. The third kappa shape index (κ3) is 4.28. The number of benzene rings is 1. The number of aliphatic carboxylic acids is 1. The molecule has 1 aromatic carbocycles. The first kappa shape index (κ1) is 17.9. The average molecular weight is 375 g/mol. The quantitative estimate of drug-likeness (QED) is 0.489. The molecular weight excluding hydrogens is 351 g/mol. The van der Waals surface area contributed by atoms with Gasteiger partial charge in [0.2, 0.25) is 0 Å². The van der Waals surface area contributed by atoms with Crippen molar-refractivity contribution in [3.05, 3.63) is 41.0 Å². The van der Waals surface area contributed by atoms with Crippen molar-refractivity contribution >= 4 is 25.4 Å². The number of allylic oxidation sites excluding steroid dienone is 1. The summed E-state index contributed by atoms with van der Waals surface area (Å²) in [6.07, 6.45) is 3.58. The fourth-order valence-electron chi connectivity index (χ4n) is 3.02. The maximum atomic E-state index is 10.6. The van der Waals surface area contributed by atoms with Gasteiger partial charge in [0.05, 0.1) is 0 Å². The van der Waals surface area contributed by atoms with Crippen molar-refractivity contribution in [2.24, 2.45) is 0 Å². The van der Waals surface area contributed by atoms with Crippen LogP contribution in [0.3, 0.4) is 0 Å². The Morgan fingerprint density at radius 2 is 1.78 bits per heavy atom. The van der Waals surface area contributed by atoms with E-state index in [-0.39, 0.29) is 25.8 Å². The Bertz CT molecular complexity index is 715. The van der Waals surface area contributed by atoms with E-state index in [9.17, 15) is 4.79 Å².